The monoisotopic (exact) mass is 538 g/mol. The summed E-state index contributed by atoms with van der Waals surface area (Å²) in [6.07, 6.45) is 11.2. The van der Waals surface area contributed by atoms with E-state index in [-0.39, 0.29) is 18.0 Å². The van der Waals surface area contributed by atoms with Crippen LogP contribution < -0.4 is 10.2 Å². The van der Waals surface area contributed by atoms with Gasteiger partial charge in [-0.2, -0.15) is 5.10 Å². The van der Waals surface area contributed by atoms with Crippen molar-refractivity contribution >= 4 is 40.9 Å². The minimum absolute atomic E-state index is 0.0986. The Hall–Kier alpha value is -3.73. The molecule has 1 N–H and O–H groups in total. The summed E-state index contributed by atoms with van der Waals surface area (Å²) in [6.45, 7) is 7.50. The summed E-state index contributed by atoms with van der Waals surface area (Å²) in [6, 6.07) is 2.01. The Kier molecular flexibility index (Phi) is 7.20. The van der Waals surface area contributed by atoms with Gasteiger partial charge in [0.2, 0.25) is 11.9 Å². The first-order valence-electron chi connectivity index (χ1n) is 12.7. The van der Waals surface area contributed by atoms with Crippen molar-refractivity contribution in [1.29, 1.82) is 0 Å². The third-order valence-electron chi connectivity index (χ3n) is 6.47. The normalized spacial score (nSPS) is 16.7. The molecule has 3 aromatic rings. The molecule has 0 atom stereocenters. The van der Waals surface area contributed by atoms with Crippen LogP contribution in [0.4, 0.5) is 22.1 Å². The van der Waals surface area contributed by atoms with Crippen LogP contribution in [0.15, 0.2) is 37.1 Å². The molecule has 200 valence electrons. The Labute approximate surface area is 226 Å². The Balaban J connectivity index is 1.26. The number of piperidine rings is 1. The summed E-state index contributed by atoms with van der Waals surface area (Å²) in [5.74, 6) is 0.455. The maximum atomic E-state index is 12.4. The molecule has 2 fully saturated rings. The van der Waals surface area contributed by atoms with E-state index in [4.69, 9.17) is 16.3 Å². The van der Waals surface area contributed by atoms with E-state index in [0.29, 0.717) is 48.4 Å². The van der Waals surface area contributed by atoms with Crippen LogP contribution in [0.25, 0.3) is 11.3 Å². The molecule has 0 spiro atoms. The molecule has 0 radical (unpaired) electrons. The van der Waals surface area contributed by atoms with Crippen LogP contribution >= 0.6 is 11.6 Å². The number of hydrogen-bond acceptors (Lipinski definition) is 8. The highest BCUT2D eigenvalue weighted by atomic mass is 35.5. The molecule has 0 saturated carbocycles. The minimum Gasteiger partial charge on any atom is -0.444 e. The first-order chi connectivity index (χ1) is 18.2. The number of carbonyl (C=O) groups excluding carboxylic acids is 2. The van der Waals surface area contributed by atoms with Gasteiger partial charge in [-0.05, 0) is 46.1 Å². The van der Waals surface area contributed by atoms with Gasteiger partial charge in [0.15, 0.2) is 0 Å². The van der Waals surface area contributed by atoms with Crippen molar-refractivity contribution in [3.05, 3.63) is 42.1 Å². The van der Waals surface area contributed by atoms with Crippen LogP contribution in [0.5, 0.6) is 0 Å². The summed E-state index contributed by atoms with van der Waals surface area (Å²) in [4.78, 5) is 41.1. The van der Waals surface area contributed by atoms with E-state index >= 15 is 0 Å². The molecule has 2 saturated heterocycles. The maximum Gasteiger partial charge on any atom is 0.410 e. The second kappa shape index (κ2) is 10.6. The van der Waals surface area contributed by atoms with Gasteiger partial charge in [-0.15, -0.1) is 0 Å². The molecule has 3 aromatic heterocycles. The van der Waals surface area contributed by atoms with Gasteiger partial charge in [0.05, 0.1) is 52.9 Å². The number of rotatable bonds is 5. The fraction of sp³-hybridized carbons (Fsp3) is 0.462. The standard InChI is InChI=1S/C26H31ClN8O3/c1-26(2,3)38-25(37)33-9-6-19(7-10-33)35-16-17(12-30-35)23-21(27)15-29-24(32-23)31-18-11-20(14-28-13-18)34-8-4-5-22(34)36/h11-16,19H,4-10H2,1-3H3,(H,29,31,32). The molecule has 5 heterocycles. The second-order valence-corrected chi connectivity index (χ2v) is 10.9. The average Bonchev–Trinajstić information content (AvgIpc) is 3.54. The minimum atomic E-state index is -0.512. The lowest BCUT2D eigenvalue weighted by Crippen LogP contribution is -2.42. The highest BCUT2D eigenvalue weighted by Crippen LogP contribution is 2.30. The molecular weight excluding hydrogens is 508 g/mol. The molecule has 38 heavy (non-hydrogen) atoms. The van der Waals surface area contributed by atoms with Crippen LogP contribution in [0, 0.1) is 0 Å². The lowest BCUT2D eigenvalue weighted by molar-refractivity contribution is -0.117. The summed E-state index contributed by atoms with van der Waals surface area (Å²) in [5.41, 5.74) is 2.22. The second-order valence-electron chi connectivity index (χ2n) is 10.5. The number of anilines is 3. The summed E-state index contributed by atoms with van der Waals surface area (Å²) < 4.78 is 7.40. The van der Waals surface area contributed by atoms with Gasteiger partial charge in [-0.1, -0.05) is 11.6 Å². The number of carbonyl (C=O) groups is 2. The Morgan fingerprint density at radius 3 is 2.63 bits per heavy atom. The predicted octanol–water partition coefficient (Wildman–Crippen LogP) is 4.83. The lowest BCUT2D eigenvalue weighted by atomic mass is 10.1. The lowest BCUT2D eigenvalue weighted by Gasteiger charge is -2.33. The molecule has 2 aliphatic rings. The Bertz CT molecular complexity index is 1330. The molecule has 0 bridgehead atoms. The summed E-state index contributed by atoms with van der Waals surface area (Å²) in [5, 5.41) is 8.13. The van der Waals surface area contributed by atoms with E-state index in [1.165, 1.54) is 0 Å². The first-order valence-corrected chi connectivity index (χ1v) is 13.1. The maximum absolute atomic E-state index is 12.4. The number of aromatic nitrogens is 5. The van der Waals surface area contributed by atoms with Crippen LogP contribution in [0.2, 0.25) is 5.02 Å². The number of nitrogens with one attached hydrogen (secondary N) is 1. The summed E-state index contributed by atoms with van der Waals surface area (Å²) >= 11 is 6.46. The number of amides is 2. The zero-order valence-corrected chi connectivity index (χ0v) is 22.5. The quantitative estimate of drug-likeness (QED) is 0.490. The Morgan fingerprint density at radius 2 is 1.92 bits per heavy atom. The van der Waals surface area contributed by atoms with Gasteiger partial charge < -0.3 is 19.9 Å². The van der Waals surface area contributed by atoms with E-state index in [2.05, 4.69) is 25.4 Å². The smallest absolute Gasteiger partial charge is 0.410 e. The SMILES string of the molecule is CC(C)(C)OC(=O)N1CCC(n2cc(-c3nc(Nc4cncc(N5CCCC5=O)c4)ncc3Cl)cn2)CC1. The zero-order chi connectivity index (χ0) is 26.9. The number of pyridine rings is 1. The molecule has 2 aliphatic heterocycles. The number of ether oxygens (including phenoxy) is 1. The van der Waals surface area contributed by atoms with Crippen molar-refractivity contribution in [2.45, 2.75) is 58.1 Å². The van der Waals surface area contributed by atoms with E-state index in [1.807, 2.05) is 37.7 Å². The molecule has 5 rings (SSSR count). The fourth-order valence-electron chi connectivity index (χ4n) is 4.62. The summed E-state index contributed by atoms with van der Waals surface area (Å²) in [7, 11) is 0. The van der Waals surface area contributed by atoms with Gasteiger partial charge >= 0.3 is 6.09 Å². The molecule has 2 amide bonds. The van der Waals surface area contributed by atoms with E-state index in [0.717, 1.165) is 30.5 Å². The molecule has 11 nitrogen and oxygen atoms in total. The van der Waals surface area contributed by atoms with Crippen molar-refractivity contribution < 1.29 is 14.3 Å². The van der Waals surface area contributed by atoms with E-state index < -0.39 is 5.60 Å². The van der Waals surface area contributed by atoms with Crippen molar-refractivity contribution in [3.63, 3.8) is 0 Å². The van der Waals surface area contributed by atoms with Crippen LogP contribution in [-0.4, -0.2) is 66.9 Å². The molecule has 0 aromatic carbocycles. The molecule has 0 unspecified atom stereocenters. The molecule has 12 heteroatoms. The first kappa shape index (κ1) is 25.9. The van der Waals surface area contributed by atoms with E-state index in [9.17, 15) is 9.59 Å². The highest BCUT2D eigenvalue weighted by molar-refractivity contribution is 6.32. The largest absolute Gasteiger partial charge is 0.444 e. The zero-order valence-electron chi connectivity index (χ0n) is 21.7. The third-order valence-corrected chi connectivity index (χ3v) is 6.75. The molecular formula is C26H31ClN8O3. The van der Waals surface area contributed by atoms with Gasteiger partial charge in [-0.3, -0.25) is 14.5 Å². The van der Waals surface area contributed by atoms with Crippen molar-refractivity contribution in [1.82, 2.24) is 29.6 Å². The highest BCUT2D eigenvalue weighted by Gasteiger charge is 2.28. The molecule has 0 aliphatic carbocycles. The van der Waals surface area contributed by atoms with Gasteiger partial charge in [-0.25, -0.2) is 14.8 Å². The van der Waals surface area contributed by atoms with Crippen molar-refractivity contribution in [3.8, 4) is 11.3 Å². The third kappa shape index (κ3) is 5.88. The predicted molar refractivity (Wildman–Crippen MR) is 143 cm³/mol. The van der Waals surface area contributed by atoms with E-state index in [1.54, 1.807) is 34.6 Å². The van der Waals surface area contributed by atoms with Gasteiger partial charge in [0.25, 0.3) is 0 Å². The number of halogens is 1. The number of hydrogen-bond donors (Lipinski definition) is 1. The van der Waals surface area contributed by atoms with Crippen LogP contribution in [0.1, 0.15) is 52.5 Å². The van der Waals surface area contributed by atoms with Gasteiger partial charge in [0, 0.05) is 37.8 Å². The Morgan fingerprint density at radius 1 is 1.13 bits per heavy atom. The fourth-order valence-corrected chi connectivity index (χ4v) is 4.82. The number of nitrogens with zero attached hydrogens (tertiary/aromatic N) is 7. The van der Waals surface area contributed by atoms with Crippen molar-refractivity contribution in [2.75, 3.05) is 29.9 Å². The number of likely N-dealkylation sites (tertiary alicyclic amines) is 1. The van der Waals surface area contributed by atoms with Crippen molar-refractivity contribution in [2.24, 2.45) is 0 Å². The topological polar surface area (TPSA) is 118 Å². The van der Waals surface area contributed by atoms with Crippen LogP contribution in [-0.2, 0) is 9.53 Å². The van der Waals surface area contributed by atoms with Gasteiger partial charge in [0.1, 0.15) is 5.60 Å². The average molecular weight is 539 g/mol. The van der Waals surface area contributed by atoms with Crippen LogP contribution in [0.3, 0.4) is 0 Å².